The normalized spacial score (nSPS) is 11.3. The molecular formula is C56H41NO. The Bertz CT molecular complexity index is 2880. The number of hydrogen-bond donors (Lipinski definition) is 0. The van der Waals surface area contributed by atoms with Crippen LogP contribution >= 0.6 is 0 Å². The number of fused-ring (bicyclic) bond motifs is 3. The van der Waals surface area contributed by atoms with Gasteiger partial charge in [-0.25, -0.2) is 0 Å². The van der Waals surface area contributed by atoms with Gasteiger partial charge in [-0.1, -0.05) is 169 Å². The highest BCUT2D eigenvalue weighted by atomic mass is 16.3. The van der Waals surface area contributed by atoms with Crippen molar-refractivity contribution in [2.24, 2.45) is 0 Å². The average molecular weight is 744 g/mol. The number of benzene rings is 9. The summed E-state index contributed by atoms with van der Waals surface area (Å²) in [6.07, 6.45) is 0. The third-order valence-corrected chi connectivity index (χ3v) is 11.3. The molecule has 10 aromatic rings. The Kier molecular flexibility index (Phi) is 9.01. The Balaban J connectivity index is 0.997. The number of hydrogen-bond acceptors (Lipinski definition) is 2. The van der Waals surface area contributed by atoms with Gasteiger partial charge in [0.1, 0.15) is 11.2 Å². The van der Waals surface area contributed by atoms with E-state index in [1.54, 1.807) is 0 Å². The Morgan fingerprint density at radius 2 is 0.655 bits per heavy atom. The number of para-hydroxylation sites is 1. The summed E-state index contributed by atoms with van der Waals surface area (Å²) in [6, 6.07) is 76.6. The molecule has 0 bridgehead atoms. The van der Waals surface area contributed by atoms with Crippen LogP contribution in [0.5, 0.6) is 0 Å². The van der Waals surface area contributed by atoms with Crippen molar-refractivity contribution in [3.05, 3.63) is 223 Å². The zero-order valence-corrected chi connectivity index (χ0v) is 32.6. The summed E-state index contributed by atoms with van der Waals surface area (Å²) in [5, 5.41) is 2.26. The SMILES string of the molecule is Cc1ccc(-c2ccc(-c3ccc(N(c4ccc(-c5ccc(-c6ccc(C)cc6)cc5)cc4)c4cccc(-c5ccc6oc7ccccc7c6c5)c4)cc3)cc2)cc1. The van der Waals surface area contributed by atoms with Gasteiger partial charge in [-0.3, -0.25) is 0 Å². The van der Waals surface area contributed by atoms with Crippen molar-refractivity contribution in [2.45, 2.75) is 13.8 Å². The minimum atomic E-state index is 0.900. The highest BCUT2D eigenvalue weighted by molar-refractivity contribution is 6.06. The van der Waals surface area contributed by atoms with Crippen LogP contribution in [0, 0.1) is 13.8 Å². The van der Waals surface area contributed by atoms with E-state index < -0.39 is 0 Å². The number of furan rings is 1. The van der Waals surface area contributed by atoms with Crippen LogP contribution in [0.25, 0.3) is 77.6 Å². The molecule has 0 atom stereocenters. The smallest absolute Gasteiger partial charge is 0.135 e. The first-order valence-corrected chi connectivity index (χ1v) is 19.9. The maximum atomic E-state index is 6.16. The summed E-state index contributed by atoms with van der Waals surface area (Å²) < 4.78 is 6.16. The average Bonchev–Trinajstić information content (AvgIpc) is 3.66. The van der Waals surface area contributed by atoms with E-state index in [0.717, 1.165) is 50.1 Å². The largest absolute Gasteiger partial charge is 0.456 e. The molecule has 0 saturated carbocycles. The molecule has 0 aliphatic heterocycles. The van der Waals surface area contributed by atoms with E-state index in [-0.39, 0.29) is 0 Å². The second kappa shape index (κ2) is 14.9. The fraction of sp³-hybridized carbons (Fsp3) is 0.0357. The van der Waals surface area contributed by atoms with Crippen LogP contribution in [0.3, 0.4) is 0 Å². The van der Waals surface area contributed by atoms with Gasteiger partial charge < -0.3 is 9.32 Å². The zero-order valence-electron chi connectivity index (χ0n) is 32.6. The molecule has 0 amide bonds. The van der Waals surface area contributed by atoms with Crippen molar-refractivity contribution in [1.29, 1.82) is 0 Å². The summed E-state index contributed by atoms with van der Waals surface area (Å²) in [6.45, 7) is 4.25. The highest BCUT2D eigenvalue weighted by Crippen LogP contribution is 2.40. The second-order valence-corrected chi connectivity index (χ2v) is 15.2. The van der Waals surface area contributed by atoms with E-state index in [0.29, 0.717) is 0 Å². The van der Waals surface area contributed by atoms with Gasteiger partial charge in [0.2, 0.25) is 0 Å². The molecule has 0 radical (unpaired) electrons. The number of rotatable bonds is 8. The van der Waals surface area contributed by atoms with Gasteiger partial charge in [0.15, 0.2) is 0 Å². The number of nitrogens with zero attached hydrogens (tertiary/aromatic N) is 1. The van der Waals surface area contributed by atoms with Crippen molar-refractivity contribution in [3.63, 3.8) is 0 Å². The van der Waals surface area contributed by atoms with Crippen molar-refractivity contribution >= 4 is 39.0 Å². The highest BCUT2D eigenvalue weighted by Gasteiger charge is 2.16. The maximum Gasteiger partial charge on any atom is 0.135 e. The summed E-state index contributed by atoms with van der Waals surface area (Å²) in [5.41, 5.74) is 19.5. The molecule has 9 aromatic carbocycles. The van der Waals surface area contributed by atoms with E-state index in [1.165, 1.54) is 55.6 Å². The lowest BCUT2D eigenvalue weighted by Crippen LogP contribution is -2.10. The molecule has 58 heavy (non-hydrogen) atoms. The molecule has 0 aliphatic rings. The first-order valence-electron chi connectivity index (χ1n) is 19.9. The van der Waals surface area contributed by atoms with Crippen LogP contribution in [0.15, 0.2) is 217 Å². The lowest BCUT2D eigenvalue weighted by atomic mass is 9.98. The quantitative estimate of drug-likeness (QED) is 0.154. The van der Waals surface area contributed by atoms with E-state index >= 15 is 0 Å². The molecule has 0 unspecified atom stereocenters. The van der Waals surface area contributed by atoms with Crippen LogP contribution in [-0.4, -0.2) is 0 Å². The third kappa shape index (κ3) is 6.86. The van der Waals surface area contributed by atoms with E-state index in [2.05, 4.69) is 219 Å². The van der Waals surface area contributed by atoms with Crippen molar-refractivity contribution in [2.75, 3.05) is 4.90 Å². The molecule has 0 aliphatic carbocycles. The fourth-order valence-electron chi connectivity index (χ4n) is 7.99. The van der Waals surface area contributed by atoms with Crippen LogP contribution in [-0.2, 0) is 0 Å². The van der Waals surface area contributed by atoms with Gasteiger partial charge in [0.05, 0.1) is 0 Å². The Morgan fingerprint density at radius 1 is 0.276 bits per heavy atom. The molecule has 2 nitrogen and oxygen atoms in total. The predicted octanol–water partition coefficient (Wildman–Crippen LogP) is 16.0. The summed E-state index contributed by atoms with van der Waals surface area (Å²) in [4.78, 5) is 2.35. The van der Waals surface area contributed by atoms with Gasteiger partial charge >= 0.3 is 0 Å². The molecule has 0 N–H and O–H groups in total. The van der Waals surface area contributed by atoms with Gasteiger partial charge in [-0.05, 0) is 124 Å². The summed E-state index contributed by atoms with van der Waals surface area (Å²) in [5.74, 6) is 0. The third-order valence-electron chi connectivity index (χ3n) is 11.3. The minimum absolute atomic E-state index is 0.900. The molecule has 1 aromatic heterocycles. The summed E-state index contributed by atoms with van der Waals surface area (Å²) >= 11 is 0. The fourth-order valence-corrected chi connectivity index (χ4v) is 7.99. The Labute approximate surface area is 339 Å². The first-order chi connectivity index (χ1) is 28.5. The van der Waals surface area contributed by atoms with E-state index in [9.17, 15) is 0 Å². The second-order valence-electron chi connectivity index (χ2n) is 15.2. The number of aryl methyl sites for hydroxylation is 2. The van der Waals surface area contributed by atoms with Gasteiger partial charge in [0, 0.05) is 27.8 Å². The van der Waals surface area contributed by atoms with Gasteiger partial charge in [-0.15, -0.1) is 0 Å². The standard InChI is InChI=1S/C56H41NO/c1-38-10-14-40(15-11-38)42-18-22-44(23-19-42)46-26-31-50(32-27-46)57(51-33-28-47(29-34-51)45-24-20-43(21-25-45)41-16-12-39(2)13-17-41)52-7-5-6-48(36-52)49-30-35-56-54(37-49)53-8-3-4-9-55(53)58-56/h3-37H,1-2H3. The van der Waals surface area contributed by atoms with Crippen LogP contribution in [0.1, 0.15) is 11.1 Å². The topological polar surface area (TPSA) is 16.4 Å². The van der Waals surface area contributed by atoms with Crippen LogP contribution in [0.2, 0.25) is 0 Å². The first kappa shape index (κ1) is 35.0. The molecule has 276 valence electrons. The van der Waals surface area contributed by atoms with Crippen LogP contribution < -0.4 is 4.90 Å². The summed E-state index contributed by atoms with van der Waals surface area (Å²) in [7, 11) is 0. The minimum Gasteiger partial charge on any atom is -0.456 e. The Morgan fingerprint density at radius 3 is 1.14 bits per heavy atom. The number of anilines is 3. The predicted molar refractivity (Wildman–Crippen MR) is 245 cm³/mol. The molecule has 1 heterocycles. The molecule has 0 saturated heterocycles. The van der Waals surface area contributed by atoms with E-state index in [1.807, 2.05) is 12.1 Å². The van der Waals surface area contributed by atoms with Crippen molar-refractivity contribution in [3.8, 4) is 55.6 Å². The molecule has 0 spiro atoms. The van der Waals surface area contributed by atoms with Gasteiger partial charge in [-0.2, -0.15) is 0 Å². The lowest BCUT2D eigenvalue weighted by molar-refractivity contribution is 0.669. The van der Waals surface area contributed by atoms with Crippen molar-refractivity contribution < 1.29 is 4.42 Å². The van der Waals surface area contributed by atoms with Crippen LogP contribution in [0.4, 0.5) is 17.1 Å². The monoisotopic (exact) mass is 743 g/mol. The maximum absolute atomic E-state index is 6.16. The van der Waals surface area contributed by atoms with Gasteiger partial charge in [0.25, 0.3) is 0 Å². The molecule has 0 fully saturated rings. The molecular weight excluding hydrogens is 703 g/mol. The molecule has 2 heteroatoms. The van der Waals surface area contributed by atoms with E-state index in [4.69, 9.17) is 4.42 Å². The molecule has 10 rings (SSSR count). The lowest BCUT2D eigenvalue weighted by Gasteiger charge is -2.26. The Hall–Kier alpha value is -7.42. The van der Waals surface area contributed by atoms with Crippen molar-refractivity contribution in [1.82, 2.24) is 0 Å². The zero-order chi connectivity index (χ0) is 39.0.